The Morgan fingerprint density at radius 3 is 2.92 bits per heavy atom. The second kappa shape index (κ2) is 2.97. The van der Waals surface area contributed by atoms with Crippen molar-refractivity contribution in [3.05, 3.63) is 29.2 Å². The molecule has 2 aromatic heterocycles. The van der Waals surface area contributed by atoms with Crippen molar-refractivity contribution in [1.82, 2.24) is 14.6 Å². The molecular weight excluding hydrogens is 188 g/mol. The minimum atomic E-state index is -0.0859. The summed E-state index contributed by atoms with van der Waals surface area (Å²) in [6.45, 7) is 1.89. The van der Waals surface area contributed by atoms with Crippen LogP contribution in [-0.4, -0.2) is 14.6 Å². The molecule has 0 saturated heterocycles. The number of halogens is 1. The Hall–Kier alpha value is -1.13. The van der Waals surface area contributed by atoms with Crippen LogP contribution in [-0.2, 0) is 0 Å². The second-order valence-electron chi connectivity index (χ2n) is 2.90. The van der Waals surface area contributed by atoms with Crippen molar-refractivity contribution in [2.24, 2.45) is 5.73 Å². The van der Waals surface area contributed by atoms with Crippen LogP contribution < -0.4 is 5.73 Å². The van der Waals surface area contributed by atoms with Gasteiger partial charge >= 0.3 is 0 Å². The molecule has 68 valence electrons. The summed E-state index contributed by atoms with van der Waals surface area (Å²) >= 11 is 5.86. The van der Waals surface area contributed by atoms with Gasteiger partial charge in [0.1, 0.15) is 0 Å². The average Bonchev–Trinajstić information content (AvgIpc) is 2.48. The fraction of sp³-hybridized carbons (Fsp3) is 0.250. The maximum absolute atomic E-state index is 5.86. The largest absolute Gasteiger partial charge is 0.323 e. The highest BCUT2D eigenvalue weighted by Crippen LogP contribution is 2.16. The molecule has 2 rings (SSSR count). The fourth-order valence-corrected chi connectivity index (χ4v) is 1.51. The van der Waals surface area contributed by atoms with Crippen molar-refractivity contribution in [1.29, 1.82) is 0 Å². The number of pyridine rings is 1. The molecule has 2 N–H and O–H groups in total. The highest BCUT2D eigenvalue weighted by molar-refractivity contribution is 6.28. The first-order valence-electron chi connectivity index (χ1n) is 3.95. The molecule has 2 heterocycles. The van der Waals surface area contributed by atoms with E-state index in [1.54, 1.807) is 4.40 Å². The van der Waals surface area contributed by atoms with Crippen LogP contribution in [0.4, 0.5) is 0 Å². The van der Waals surface area contributed by atoms with Gasteiger partial charge in [-0.1, -0.05) is 6.07 Å². The molecule has 0 amide bonds. The number of rotatable bonds is 1. The van der Waals surface area contributed by atoms with Crippen LogP contribution in [0.1, 0.15) is 18.7 Å². The number of fused-ring (bicyclic) bond motifs is 1. The van der Waals surface area contributed by atoms with E-state index in [0.29, 0.717) is 5.28 Å². The molecule has 2 aromatic rings. The normalized spacial score (nSPS) is 13.5. The number of hydrogen-bond donors (Lipinski definition) is 1. The summed E-state index contributed by atoms with van der Waals surface area (Å²) in [5.74, 6) is 0. The van der Waals surface area contributed by atoms with Gasteiger partial charge in [-0.05, 0) is 30.7 Å². The first-order valence-corrected chi connectivity index (χ1v) is 4.33. The van der Waals surface area contributed by atoms with E-state index >= 15 is 0 Å². The summed E-state index contributed by atoms with van der Waals surface area (Å²) in [6.07, 6.45) is 0. The van der Waals surface area contributed by atoms with Gasteiger partial charge in [-0.15, -0.1) is 10.2 Å². The highest BCUT2D eigenvalue weighted by Gasteiger charge is 2.09. The molecule has 0 fully saturated rings. The molecule has 0 bridgehead atoms. The fourth-order valence-electron chi connectivity index (χ4n) is 1.29. The topological polar surface area (TPSA) is 56.2 Å². The Labute approximate surface area is 80.3 Å². The van der Waals surface area contributed by atoms with Crippen molar-refractivity contribution in [2.45, 2.75) is 13.0 Å². The summed E-state index contributed by atoms with van der Waals surface area (Å²) in [5, 5.41) is 8.00. The molecule has 0 aromatic carbocycles. The van der Waals surface area contributed by atoms with Crippen LogP contribution in [0.2, 0.25) is 5.28 Å². The SMILES string of the molecule is CC(N)c1cccc2nnc(Cl)n12. The Kier molecular flexibility index (Phi) is 1.94. The van der Waals surface area contributed by atoms with Crippen molar-refractivity contribution in [3.8, 4) is 0 Å². The monoisotopic (exact) mass is 196 g/mol. The first kappa shape index (κ1) is 8.47. The smallest absolute Gasteiger partial charge is 0.229 e. The van der Waals surface area contributed by atoms with E-state index in [4.69, 9.17) is 17.3 Å². The summed E-state index contributed by atoms with van der Waals surface area (Å²) in [4.78, 5) is 0. The molecule has 0 radical (unpaired) electrons. The van der Waals surface area contributed by atoms with Gasteiger partial charge in [-0.25, -0.2) is 0 Å². The van der Waals surface area contributed by atoms with E-state index in [2.05, 4.69) is 10.2 Å². The van der Waals surface area contributed by atoms with E-state index in [0.717, 1.165) is 11.3 Å². The van der Waals surface area contributed by atoms with Gasteiger partial charge in [0.05, 0.1) is 0 Å². The quantitative estimate of drug-likeness (QED) is 0.750. The third-order valence-electron chi connectivity index (χ3n) is 1.89. The zero-order chi connectivity index (χ0) is 9.42. The van der Waals surface area contributed by atoms with Crippen LogP contribution in [0, 0.1) is 0 Å². The summed E-state index contributed by atoms with van der Waals surface area (Å²) in [6, 6.07) is 5.55. The number of nitrogens with zero attached hydrogens (tertiary/aromatic N) is 3. The molecule has 0 saturated carbocycles. The Morgan fingerprint density at radius 2 is 2.23 bits per heavy atom. The summed E-state index contributed by atoms with van der Waals surface area (Å²) < 4.78 is 1.74. The summed E-state index contributed by atoms with van der Waals surface area (Å²) in [5.41, 5.74) is 7.40. The van der Waals surface area contributed by atoms with Crippen LogP contribution in [0.15, 0.2) is 18.2 Å². The molecule has 0 aliphatic rings. The van der Waals surface area contributed by atoms with E-state index in [-0.39, 0.29) is 6.04 Å². The van der Waals surface area contributed by atoms with E-state index in [1.165, 1.54) is 0 Å². The molecule has 1 atom stereocenters. The van der Waals surface area contributed by atoms with E-state index in [1.807, 2.05) is 25.1 Å². The lowest BCUT2D eigenvalue weighted by Crippen LogP contribution is -2.10. The number of nitrogens with two attached hydrogens (primary N) is 1. The molecule has 5 heteroatoms. The van der Waals surface area contributed by atoms with Crippen molar-refractivity contribution in [3.63, 3.8) is 0 Å². The molecule has 0 spiro atoms. The summed E-state index contributed by atoms with van der Waals surface area (Å²) in [7, 11) is 0. The van der Waals surface area contributed by atoms with Crippen molar-refractivity contribution in [2.75, 3.05) is 0 Å². The van der Waals surface area contributed by atoms with E-state index < -0.39 is 0 Å². The standard InChI is InChI=1S/C8H9ClN4/c1-5(10)6-3-2-4-7-11-12-8(9)13(6)7/h2-5H,10H2,1H3. The van der Waals surface area contributed by atoms with Gasteiger partial charge < -0.3 is 5.73 Å². The molecule has 1 unspecified atom stereocenters. The Morgan fingerprint density at radius 1 is 1.46 bits per heavy atom. The predicted molar refractivity (Wildman–Crippen MR) is 50.6 cm³/mol. The van der Waals surface area contributed by atoms with Gasteiger partial charge in [-0.3, -0.25) is 4.40 Å². The average molecular weight is 197 g/mol. The lowest BCUT2D eigenvalue weighted by molar-refractivity contribution is 0.762. The second-order valence-corrected chi connectivity index (χ2v) is 3.24. The lowest BCUT2D eigenvalue weighted by atomic mass is 10.2. The zero-order valence-corrected chi connectivity index (χ0v) is 7.86. The zero-order valence-electron chi connectivity index (χ0n) is 7.11. The van der Waals surface area contributed by atoms with E-state index in [9.17, 15) is 0 Å². The first-order chi connectivity index (χ1) is 6.20. The molecule has 0 aliphatic heterocycles. The highest BCUT2D eigenvalue weighted by atomic mass is 35.5. The maximum Gasteiger partial charge on any atom is 0.229 e. The molecule has 13 heavy (non-hydrogen) atoms. The van der Waals surface area contributed by atoms with Gasteiger partial charge in [0.25, 0.3) is 0 Å². The number of hydrogen-bond acceptors (Lipinski definition) is 3. The minimum absolute atomic E-state index is 0.0859. The number of aromatic nitrogens is 3. The van der Waals surface area contributed by atoms with Crippen LogP contribution in [0.5, 0.6) is 0 Å². The van der Waals surface area contributed by atoms with Gasteiger partial charge in [0.2, 0.25) is 5.28 Å². The lowest BCUT2D eigenvalue weighted by Gasteiger charge is -2.07. The van der Waals surface area contributed by atoms with Gasteiger partial charge in [0, 0.05) is 11.7 Å². The van der Waals surface area contributed by atoms with Crippen LogP contribution >= 0.6 is 11.6 Å². The third kappa shape index (κ3) is 1.28. The molecular formula is C8H9ClN4. The Bertz CT molecular complexity index is 435. The molecule has 0 aliphatic carbocycles. The van der Waals surface area contributed by atoms with Crippen molar-refractivity contribution >= 4 is 17.2 Å². The minimum Gasteiger partial charge on any atom is -0.323 e. The third-order valence-corrected chi connectivity index (χ3v) is 2.13. The van der Waals surface area contributed by atoms with Crippen LogP contribution in [0.25, 0.3) is 5.65 Å². The van der Waals surface area contributed by atoms with Gasteiger partial charge in [-0.2, -0.15) is 0 Å². The molecule has 4 nitrogen and oxygen atoms in total. The maximum atomic E-state index is 5.86. The predicted octanol–water partition coefficient (Wildman–Crippen LogP) is 1.40. The van der Waals surface area contributed by atoms with Gasteiger partial charge in [0.15, 0.2) is 5.65 Å². The Balaban J connectivity index is 2.80. The van der Waals surface area contributed by atoms with Crippen molar-refractivity contribution < 1.29 is 0 Å². The van der Waals surface area contributed by atoms with Crippen LogP contribution in [0.3, 0.4) is 0 Å².